The van der Waals surface area contributed by atoms with E-state index in [0.29, 0.717) is 11.0 Å². The largest absolute Gasteiger partial charge is 0.296 e. The zero-order valence-electron chi connectivity index (χ0n) is 16.2. The van der Waals surface area contributed by atoms with Crippen LogP contribution >= 0.6 is 0 Å². The summed E-state index contributed by atoms with van der Waals surface area (Å²) in [5.41, 5.74) is 2.78. The fourth-order valence-electron chi connectivity index (χ4n) is 3.52. The molecule has 0 amide bonds. The minimum Gasteiger partial charge on any atom is -0.296 e. The van der Waals surface area contributed by atoms with Gasteiger partial charge in [-0.25, -0.2) is 13.1 Å². The summed E-state index contributed by atoms with van der Waals surface area (Å²) in [5, 5.41) is 12.9. The van der Waals surface area contributed by atoms with Crippen molar-refractivity contribution in [2.75, 3.05) is 13.1 Å². The van der Waals surface area contributed by atoms with Gasteiger partial charge in [-0.3, -0.25) is 9.58 Å². The van der Waals surface area contributed by atoms with Crippen LogP contribution in [0.15, 0.2) is 29.2 Å². The third kappa shape index (κ3) is 3.80. The number of aryl methyl sites for hydroxylation is 1. The van der Waals surface area contributed by atoms with Crippen LogP contribution in [0.1, 0.15) is 31.2 Å². The van der Waals surface area contributed by atoms with Crippen LogP contribution in [0.2, 0.25) is 0 Å². The van der Waals surface area contributed by atoms with Gasteiger partial charge in [0.05, 0.1) is 24.5 Å². The highest BCUT2D eigenvalue weighted by atomic mass is 32.2. The van der Waals surface area contributed by atoms with Gasteiger partial charge in [0.2, 0.25) is 10.0 Å². The van der Waals surface area contributed by atoms with Crippen LogP contribution in [-0.2, 0) is 36.7 Å². The van der Waals surface area contributed by atoms with E-state index in [4.69, 9.17) is 0 Å². The van der Waals surface area contributed by atoms with Crippen molar-refractivity contribution in [2.24, 2.45) is 7.05 Å². The van der Waals surface area contributed by atoms with Crippen molar-refractivity contribution >= 4 is 21.1 Å². The Labute approximate surface area is 164 Å². The molecule has 9 nitrogen and oxygen atoms in total. The van der Waals surface area contributed by atoms with Gasteiger partial charge in [-0.1, -0.05) is 19.4 Å². The van der Waals surface area contributed by atoms with Crippen LogP contribution in [0.4, 0.5) is 0 Å². The van der Waals surface area contributed by atoms with Crippen molar-refractivity contribution < 1.29 is 8.42 Å². The summed E-state index contributed by atoms with van der Waals surface area (Å²) < 4.78 is 30.3. The fourth-order valence-corrected chi connectivity index (χ4v) is 4.67. The van der Waals surface area contributed by atoms with E-state index in [2.05, 4.69) is 31.8 Å². The molecule has 0 fully saturated rings. The van der Waals surface area contributed by atoms with Crippen LogP contribution < -0.4 is 4.72 Å². The molecule has 0 unspecified atom stereocenters. The molecule has 4 rings (SSSR count). The van der Waals surface area contributed by atoms with Gasteiger partial charge in [0.15, 0.2) is 0 Å². The second-order valence-corrected chi connectivity index (χ2v) is 8.85. The standard InChI is InChI=1S/C18H25N7O2S/c1-3-4-8-24-9-10-25-15(13-24)11-14(20-25)12-19-28(26,27)17-7-5-6-16-18(17)22-23(2)21-16/h5-7,11,19H,3-4,8-10,12-13H2,1-2H3. The van der Waals surface area contributed by atoms with Crippen LogP contribution in [0.3, 0.4) is 0 Å². The van der Waals surface area contributed by atoms with Crippen molar-refractivity contribution in [3.05, 3.63) is 35.7 Å². The SMILES string of the molecule is CCCCN1CCn2nc(CNS(=O)(=O)c3cccc4nn(C)nc34)cc2C1. The lowest BCUT2D eigenvalue weighted by Gasteiger charge is -2.27. The van der Waals surface area contributed by atoms with E-state index in [-0.39, 0.29) is 11.4 Å². The van der Waals surface area contributed by atoms with E-state index in [1.54, 1.807) is 25.2 Å². The predicted octanol–water partition coefficient (Wildman–Crippen LogP) is 1.26. The first kappa shape index (κ1) is 19.0. The zero-order chi connectivity index (χ0) is 19.7. The van der Waals surface area contributed by atoms with Crippen molar-refractivity contribution in [3.8, 4) is 0 Å². The maximum Gasteiger partial charge on any atom is 0.243 e. The quantitative estimate of drug-likeness (QED) is 0.638. The topological polar surface area (TPSA) is 97.9 Å². The van der Waals surface area contributed by atoms with Crippen LogP contribution in [0.25, 0.3) is 11.0 Å². The average molecular weight is 404 g/mol. The highest BCUT2D eigenvalue weighted by Crippen LogP contribution is 2.20. The normalized spacial score (nSPS) is 15.2. The molecular formula is C18H25N7O2S. The molecule has 1 N–H and O–H groups in total. The molecule has 0 radical (unpaired) electrons. The minimum atomic E-state index is -3.72. The number of aromatic nitrogens is 5. The van der Waals surface area contributed by atoms with Crippen LogP contribution in [0.5, 0.6) is 0 Å². The van der Waals surface area contributed by atoms with Crippen molar-refractivity contribution in [1.82, 2.24) is 34.4 Å². The Bertz CT molecular complexity index is 1090. The first-order valence-electron chi connectivity index (χ1n) is 9.54. The molecule has 28 heavy (non-hydrogen) atoms. The lowest BCUT2D eigenvalue weighted by atomic mass is 10.2. The molecule has 2 aromatic heterocycles. The number of hydrogen-bond donors (Lipinski definition) is 1. The molecule has 0 atom stereocenters. The van der Waals surface area contributed by atoms with E-state index in [9.17, 15) is 8.42 Å². The molecule has 0 saturated heterocycles. The number of unbranched alkanes of at least 4 members (excludes halogenated alkanes) is 1. The highest BCUT2D eigenvalue weighted by molar-refractivity contribution is 7.89. The number of nitrogens with zero attached hydrogens (tertiary/aromatic N) is 6. The maximum absolute atomic E-state index is 12.8. The van der Waals surface area contributed by atoms with Gasteiger partial charge >= 0.3 is 0 Å². The Morgan fingerprint density at radius 2 is 2.04 bits per heavy atom. The van der Waals surface area contributed by atoms with Gasteiger partial charge in [0, 0.05) is 20.1 Å². The predicted molar refractivity (Wildman–Crippen MR) is 105 cm³/mol. The number of hydrogen-bond acceptors (Lipinski definition) is 6. The van der Waals surface area contributed by atoms with Gasteiger partial charge in [0.1, 0.15) is 15.9 Å². The lowest BCUT2D eigenvalue weighted by Crippen LogP contribution is -2.34. The first-order valence-corrected chi connectivity index (χ1v) is 11.0. The molecule has 3 heterocycles. The molecule has 1 aromatic carbocycles. The monoisotopic (exact) mass is 403 g/mol. The van der Waals surface area contributed by atoms with Gasteiger partial charge in [-0.05, 0) is 31.2 Å². The molecule has 0 spiro atoms. The molecule has 150 valence electrons. The van der Waals surface area contributed by atoms with Crippen molar-refractivity contribution in [3.63, 3.8) is 0 Å². The van der Waals surface area contributed by atoms with E-state index >= 15 is 0 Å². The summed E-state index contributed by atoms with van der Waals surface area (Å²) in [7, 11) is -2.05. The van der Waals surface area contributed by atoms with Crippen molar-refractivity contribution in [1.29, 1.82) is 0 Å². The molecule has 0 saturated carbocycles. The van der Waals surface area contributed by atoms with Gasteiger partial charge in [-0.15, -0.1) is 0 Å². The third-order valence-corrected chi connectivity index (χ3v) is 6.40. The van der Waals surface area contributed by atoms with E-state index in [1.165, 1.54) is 17.6 Å². The Morgan fingerprint density at radius 1 is 1.18 bits per heavy atom. The van der Waals surface area contributed by atoms with E-state index in [0.717, 1.165) is 37.6 Å². The second-order valence-electron chi connectivity index (χ2n) is 7.12. The summed E-state index contributed by atoms with van der Waals surface area (Å²) in [6, 6.07) is 6.95. The molecule has 1 aliphatic heterocycles. The van der Waals surface area contributed by atoms with Crippen LogP contribution in [-0.4, -0.2) is 51.2 Å². The Hall–Kier alpha value is -2.30. The first-order chi connectivity index (χ1) is 13.5. The minimum absolute atomic E-state index is 0.132. The third-order valence-electron chi connectivity index (χ3n) is 4.96. The summed E-state index contributed by atoms with van der Waals surface area (Å²) >= 11 is 0. The Morgan fingerprint density at radius 3 is 2.86 bits per heavy atom. The highest BCUT2D eigenvalue weighted by Gasteiger charge is 2.22. The number of sulfonamides is 1. The lowest BCUT2D eigenvalue weighted by molar-refractivity contribution is 0.210. The molecule has 0 bridgehead atoms. The maximum atomic E-state index is 12.8. The van der Waals surface area contributed by atoms with Gasteiger partial charge in [0.25, 0.3) is 0 Å². The number of benzene rings is 1. The average Bonchev–Trinajstić information content (AvgIpc) is 3.25. The van der Waals surface area contributed by atoms with Crippen LogP contribution in [0, 0.1) is 0 Å². The number of rotatable bonds is 7. The second kappa shape index (κ2) is 7.61. The smallest absolute Gasteiger partial charge is 0.243 e. The summed E-state index contributed by atoms with van der Waals surface area (Å²) in [6.45, 7) is 6.11. The Kier molecular flexibility index (Phi) is 5.17. The summed E-state index contributed by atoms with van der Waals surface area (Å²) in [5.74, 6) is 0. The van der Waals surface area contributed by atoms with Crippen molar-refractivity contribution in [2.45, 2.75) is 44.3 Å². The van der Waals surface area contributed by atoms with Gasteiger partial charge < -0.3 is 0 Å². The number of nitrogens with one attached hydrogen (secondary N) is 1. The summed E-state index contributed by atoms with van der Waals surface area (Å²) in [6.07, 6.45) is 2.37. The van der Waals surface area contributed by atoms with E-state index in [1.807, 2.05) is 10.7 Å². The molecular weight excluding hydrogens is 378 g/mol. The molecule has 0 aliphatic carbocycles. The summed E-state index contributed by atoms with van der Waals surface area (Å²) in [4.78, 5) is 3.92. The molecule has 10 heteroatoms. The number of fused-ring (bicyclic) bond motifs is 2. The Balaban J connectivity index is 1.48. The zero-order valence-corrected chi connectivity index (χ0v) is 17.0. The fraction of sp³-hybridized carbons (Fsp3) is 0.500. The van der Waals surface area contributed by atoms with Gasteiger partial charge in [-0.2, -0.15) is 20.1 Å². The van der Waals surface area contributed by atoms with E-state index < -0.39 is 10.0 Å². The molecule has 3 aromatic rings. The molecule has 1 aliphatic rings.